The van der Waals surface area contributed by atoms with Gasteiger partial charge in [0.2, 0.25) is 0 Å². The van der Waals surface area contributed by atoms with Crippen LogP contribution < -0.4 is 5.32 Å². The SMILES string of the molecule is CC1CCCCN1CCCNCC(C)(C)C. The van der Waals surface area contributed by atoms with Crippen molar-refractivity contribution in [2.24, 2.45) is 5.41 Å². The molecule has 1 rings (SSSR count). The predicted octanol–water partition coefficient (Wildman–Crippen LogP) is 2.89. The number of hydrogen-bond acceptors (Lipinski definition) is 2. The Balaban J connectivity index is 2.02. The zero-order chi connectivity index (χ0) is 12.0. The maximum Gasteiger partial charge on any atom is 0.00669 e. The van der Waals surface area contributed by atoms with Gasteiger partial charge in [-0.25, -0.2) is 0 Å². The minimum absolute atomic E-state index is 0.415. The highest BCUT2D eigenvalue weighted by Crippen LogP contribution is 2.16. The summed E-state index contributed by atoms with van der Waals surface area (Å²) < 4.78 is 0. The molecule has 1 aliphatic heterocycles. The average Bonchev–Trinajstić information content (AvgIpc) is 2.18. The van der Waals surface area contributed by atoms with Gasteiger partial charge in [-0.15, -0.1) is 0 Å². The number of nitrogens with zero attached hydrogens (tertiary/aromatic N) is 1. The lowest BCUT2D eigenvalue weighted by Crippen LogP contribution is -2.39. The third-order valence-electron chi connectivity index (χ3n) is 3.39. The summed E-state index contributed by atoms with van der Waals surface area (Å²) >= 11 is 0. The van der Waals surface area contributed by atoms with Crippen LogP contribution in [0.2, 0.25) is 0 Å². The van der Waals surface area contributed by atoms with E-state index < -0.39 is 0 Å². The van der Waals surface area contributed by atoms with Crippen LogP contribution in [0.4, 0.5) is 0 Å². The van der Waals surface area contributed by atoms with Gasteiger partial charge in [-0.05, 0) is 57.8 Å². The van der Waals surface area contributed by atoms with E-state index >= 15 is 0 Å². The first-order valence-corrected chi connectivity index (χ1v) is 6.94. The summed E-state index contributed by atoms with van der Waals surface area (Å²) in [6, 6.07) is 0.816. The zero-order valence-electron chi connectivity index (χ0n) is 11.7. The average molecular weight is 226 g/mol. The minimum Gasteiger partial charge on any atom is -0.316 e. The van der Waals surface area contributed by atoms with Crippen LogP contribution in [0.3, 0.4) is 0 Å². The molecule has 1 fully saturated rings. The van der Waals surface area contributed by atoms with Crippen molar-refractivity contribution in [3.8, 4) is 0 Å². The second-order valence-corrected chi connectivity index (χ2v) is 6.47. The van der Waals surface area contributed by atoms with Gasteiger partial charge in [0, 0.05) is 6.04 Å². The highest BCUT2D eigenvalue weighted by molar-refractivity contribution is 4.73. The smallest absolute Gasteiger partial charge is 0.00669 e. The van der Waals surface area contributed by atoms with E-state index in [2.05, 4.69) is 37.9 Å². The Labute approximate surface area is 102 Å². The van der Waals surface area contributed by atoms with Gasteiger partial charge in [0.15, 0.2) is 0 Å². The van der Waals surface area contributed by atoms with Crippen LogP contribution in [0.5, 0.6) is 0 Å². The van der Waals surface area contributed by atoms with Crippen molar-refractivity contribution < 1.29 is 0 Å². The van der Waals surface area contributed by atoms with Crippen LogP contribution in [0.15, 0.2) is 0 Å². The fraction of sp³-hybridized carbons (Fsp3) is 1.00. The topological polar surface area (TPSA) is 15.3 Å². The highest BCUT2D eigenvalue weighted by Gasteiger charge is 2.17. The molecule has 1 saturated heterocycles. The zero-order valence-corrected chi connectivity index (χ0v) is 11.7. The lowest BCUT2D eigenvalue weighted by molar-refractivity contribution is 0.158. The first-order valence-electron chi connectivity index (χ1n) is 6.94. The second-order valence-electron chi connectivity index (χ2n) is 6.47. The minimum atomic E-state index is 0.415. The van der Waals surface area contributed by atoms with E-state index in [-0.39, 0.29) is 0 Å². The first kappa shape index (κ1) is 14.0. The molecule has 2 heteroatoms. The predicted molar refractivity (Wildman–Crippen MR) is 71.8 cm³/mol. The van der Waals surface area contributed by atoms with Crippen molar-refractivity contribution in [1.29, 1.82) is 0 Å². The monoisotopic (exact) mass is 226 g/mol. The van der Waals surface area contributed by atoms with Gasteiger partial charge < -0.3 is 10.2 Å². The van der Waals surface area contributed by atoms with Crippen LogP contribution in [0, 0.1) is 5.41 Å². The molecule has 1 heterocycles. The van der Waals surface area contributed by atoms with Crippen LogP contribution in [-0.4, -0.2) is 37.1 Å². The molecule has 0 aromatic heterocycles. The Bertz CT molecular complexity index is 184. The van der Waals surface area contributed by atoms with Crippen LogP contribution >= 0.6 is 0 Å². The van der Waals surface area contributed by atoms with Gasteiger partial charge >= 0.3 is 0 Å². The van der Waals surface area contributed by atoms with Gasteiger partial charge in [0.25, 0.3) is 0 Å². The Morgan fingerprint density at radius 3 is 2.62 bits per heavy atom. The van der Waals surface area contributed by atoms with E-state index in [9.17, 15) is 0 Å². The number of hydrogen-bond donors (Lipinski definition) is 1. The van der Waals surface area contributed by atoms with E-state index in [4.69, 9.17) is 0 Å². The van der Waals surface area contributed by atoms with Gasteiger partial charge in [-0.3, -0.25) is 0 Å². The molecule has 0 radical (unpaired) electrons. The Kier molecular flexibility index (Phi) is 5.77. The van der Waals surface area contributed by atoms with Gasteiger partial charge in [0.05, 0.1) is 0 Å². The fourth-order valence-corrected chi connectivity index (χ4v) is 2.36. The van der Waals surface area contributed by atoms with Crippen molar-refractivity contribution in [3.05, 3.63) is 0 Å². The van der Waals surface area contributed by atoms with Crippen LogP contribution in [0.25, 0.3) is 0 Å². The molecule has 16 heavy (non-hydrogen) atoms. The van der Waals surface area contributed by atoms with Crippen LogP contribution in [0.1, 0.15) is 53.4 Å². The molecule has 2 nitrogen and oxygen atoms in total. The summed E-state index contributed by atoms with van der Waals surface area (Å²) in [6.07, 6.45) is 5.52. The van der Waals surface area contributed by atoms with E-state index in [0.717, 1.165) is 12.6 Å². The van der Waals surface area contributed by atoms with E-state index in [1.54, 1.807) is 0 Å². The lowest BCUT2D eigenvalue weighted by atomic mass is 9.97. The molecular weight excluding hydrogens is 196 g/mol. The number of piperidine rings is 1. The molecule has 1 atom stereocenters. The lowest BCUT2D eigenvalue weighted by Gasteiger charge is -2.33. The third-order valence-corrected chi connectivity index (χ3v) is 3.39. The molecule has 0 bridgehead atoms. The molecule has 0 aromatic carbocycles. The largest absolute Gasteiger partial charge is 0.316 e. The molecule has 1 aliphatic rings. The number of nitrogens with one attached hydrogen (secondary N) is 1. The van der Waals surface area contributed by atoms with Crippen molar-refractivity contribution in [2.45, 2.75) is 59.4 Å². The van der Waals surface area contributed by atoms with E-state index in [0.29, 0.717) is 5.41 Å². The van der Waals surface area contributed by atoms with Crippen molar-refractivity contribution in [3.63, 3.8) is 0 Å². The molecule has 1 unspecified atom stereocenters. The normalized spacial score (nSPS) is 23.6. The summed E-state index contributed by atoms with van der Waals surface area (Å²) in [6.45, 7) is 14.1. The van der Waals surface area contributed by atoms with Gasteiger partial charge in [-0.2, -0.15) is 0 Å². The Hall–Kier alpha value is -0.0800. The molecule has 1 N–H and O–H groups in total. The standard InChI is InChI=1S/C14H30N2/c1-13-8-5-6-10-16(13)11-7-9-15-12-14(2,3)4/h13,15H,5-12H2,1-4H3. The molecule has 96 valence electrons. The highest BCUT2D eigenvalue weighted by atomic mass is 15.2. The molecule has 0 amide bonds. The molecule has 0 spiro atoms. The first-order chi connectivity index (χ1) is 7.49. The van der Waals surface area contributed by atoms with Crippen molar-refractivity contribution in [2.75, 3.05) is 26.2 Å². The van der Waals surface area contributed by atoms with Gasteiger partial charge in [0.1, 0.15) is 0 Å². The maximum atomic E-state index is 3.55. The summed E-state index contributed by atoms with van der Waals surface area (Å²) in [5.41, 5.74) is 0.415. The summed E-state index contributed by atoms with van der Waals surface area (Å²) in [5, 5.41) is 3.55. The quantitative estimate of drug-likeness (QED) is 0.725. The van der Waals surface area contributed by atoms with Crippen molar-refractivity contribution >= 4 is 0 Å². The molecular formula is C14H30N2. The summed E-state index contributed by atoms with van der Waals surface area (Å²) in [4.78, 5) is 2.66. The molecule has 0 saturated carbocycles. The van der Waals surface area contributed by atoms with E-state index in [1.807, 2.05) is 0 Å². The van der Waals surface area contributed by atoms with Crippen LogP contribution in [-0.2, 0) is 0 Å². The number of likely N-dealkylation sites (tertiary alicyclic amines) is 1. The maximum absolute atomic E-state index is 3.55. The third kappa shape index (κ3) is 5.86. The Morgan fingerprint density at radius 1 is 1.25 bits per heavy atom. The van der Waals surface area contributed by atoms with E-state index in [1.165, 1.54) is 45.3 Å². The summed E-state index contributed by atoms with van der Waals surface area (Å²) in [5.74, 6) is 0. The molecule has 0 aliphatic carbocycles. The number of rotatable bonds is 5. The fourth-order valence-electron chi connectivity index (χ4n) is 2.36. The second kappa shape index (κ2) is 6.61. The van der Waals surface area contributed by atoms with Crippen molar-refractivity contribution in [1.82, 2.24) is 10.2 Å². The Morgan fingerprint density at radius 2 is 2.00 bits per heavy atom. The summed E-state index contributed by atoms with van der Waals surface area (Å²) in [7, 11) is 0. The van der Waals surface area contributed by atoms with Gasteiger partial charge in [-0.1, -0.05) is 27.2 Å². The molecule has 0 aromatic rings.